The van der Waals surface area contributed by atoms with Gasteiger partial charge in [0.25, 0.3) is 0 Å². The molecule has 0 amide bonds. The first-order valence-corrected chi connectivity index (χ1v) is 16.3. The molecule has 3 aromatic rings. The van der Waals surface area contributed by atoms with Crippen molar-refractivity contribution in [1.82, 2.24) is 24.9 Å². The predicted molar refractivity (Wildman–Crippen MR) is 166 cm³/mol. The molecule has 2 N–H and O–H groups in total. The fourth-order valence-electron chi connectivity index (χ4n) is 7.80. The minimum atomic E-state index is -0.354. The van der Waals surface area contributed by atoms with Crippen molar-refractivity contribution in [2.24, 2.45) is 0 Å². The number of nitrogens with zero attached hydrogens (tertiary/aromatic N) is 8. The van der Waals surface area contributed by atoms with Crippen LogP contribution < -0.4 is 15.5 Å². The van der Waals surface area contributed by atoms with Crippen LogP contribution in [0.2, 0.25) is 0 Å². The number of hydrogen-bond acceptors (Lipinski definition) is 11. The molecule has 1 spiro atoms. The first-order chi connectivity index (χ1) is 20.4. The second kappa shape index (κ2) is 10.8. The van der Waals surface area contributed by atoms with E-state index in [2.05, 4.69) is 52.8 Å². The quantitative estimate of drug-likeness (QED) is 0.484. The van der Waals surface area contributed by atoms with Gasteiger partial charge in [0.2, 0.25) is 0 Å². The molecule has 42 heavy (non-hydrogen) atoms. The lowest BCUT2D eigenvalue weighted by atomic mass is 9.63. The van der Waals surface area contributed by atoms with Crippen LogP contribution in [-0.2, 0) is 18.3 Å². The number of rotatable bonds is 3. The molecule has 222 valence electrons. The lowest BCUT2D eigenvalue weighted by molar-refractivity contribution is 0.265. The maximum absolute atomic E-state index is 10.1. The SMILES string of the molecule is C[C@H]1CN(C)CCCN1c1cc(N2CCN(C)CC2)nc(-c2noc3c2CCC[C@@]32CCCc3sc(N)c(C#N)c32)n1. The summed E-state index contributed by atoms with van der Waals surface area (Å²) >= 11 is 1.58. The molecule has 2 atom stereocenters. The van der Waals surface area contributed by atoms with Crippen LogP contribution in [0.15, 0.2) is 10.6 Å². The number of hydrogen-bond donors (Lipinski definition) is 1. The van der Waals surface area contributed by atoms with E-state index in [1.807, 2.05) is 0 Å². The monoisotopic (exact) mass is 587 g/mol. The number of nitrogen functional groups attached to an aromatic ring is 1. The maximum atomic E-state index is 10.1. The minimum Gasteiger partial charge on any atom is -0.389 e. The van der Waals surface area contributed by atoms with E-state index < -0.39 is 0 Å². The Morgan fingerprint density at radius 2 is 1.76 bits per heavy atom. The van der Waals surface area contributed by atoms with Crippen molar-refractivity contribution in [3.63, 3.8) is 0 Å². The number of thiophene rings is 1. The molecule has 3 aromatic heterocycles. The smallest absolute Gasteiger partial charge is 0.186 e. The predicted octanol–water partition coefficient (Wildman–Crippen LogP) is 3.89. The topological polar surface area (TPSA) is 115 Å². The fourth-order valence-corrected chi connectivity index (χ4v) is 8.96. The van der Waals surface area contributed by atoms with Crippen molar-refractivity contribution in [3.05, 3.63) is 33.4 Å². The molecular formula is C31H41N9OS. The highest BCUT2D eigenvalue weighted by Crippen LogP contribution is 2.55. The van der Waals surface area contributed by atoms with Gasteiger partial charge in [0.1, 0.15) is 22.7 Å². The third kappa shape index (κ3) is 4.55. The molecule has 2 aliphatic carbocycles. The second-order valence-electron chi connectivity index (χ2n) is 12.7. The zero-order chi connectivity index (χ0) is 29.0. The number of aromatic nitrogens is 3. The van der Waals surface area contributed by atoms with E-state index in [9.17, 15) is 5.26 Å². The minimum absolute atomic E-state index is 0.337. The van der Waals surface area contributed by atoms with Crippen LogP contribution in [0, 0.1) is 11.3 Å². The number of likely N-dealkylation sites (N-methyl/N-ethyl adjacent to an activating group) is 2. The number of anilines is 3. The Hall–Kier alpha value is -3.20. The van der Waals surface area contributed by atoms with Gasteiger partial charge < -0.3 is 29.9 Å². The highest BCUT2D eigenvalue weighted by molar-refractivity contribution is 7.16. The molecule has 0 saturated carbocycles. The Morgan fingerprint density at radius 3 is 2.55 bits per heavy atom. The van der Waals surface area contributed by atoms with Crippen molar-refractivity contribution in [2.75, 3.05) is 75.4 Å². The van der Waals surface area contributed by atoms with Crippen molar-refractivity contribution >= 4 is 28.0 Å². The van der Waals surface area contributed by atoms with Crippen LogP contribution in [0.4, 0.5) is 16.6 Å². The average Bonchev–Trinajstić information content (AvgIpc) is 3.52. The molecule has 4 aliphatic rings. The molecule has 2 fully saturated rings. The molecule has 0 radical (unpaired) electrons. The molecule has 11 heteroatoms. The number of nitrogens with two attached hydrogens (primary N) is 1. The van der Waals surface area contributed by atoms with E-state index in [0.29, 0.717) is 22.4 Å². The summed E-state index contributed by atoms with van der Waals surface area (Å²) in [5.41, 5.74) is 9.61. The van der Waals surface area contributed by atoms with Gasteiger partial charge in [-0.15, -0.1) is 11.3 Å². The van der Waals surface area contributed by atoms with Crippen molar-refractivity contribution < 1.29 is 4.52 Å². The van der Waals surface area contributed by atoms with Crippen LogP contribution in [0.3, 0.4) is 0 Å². The zero-order valence-electron chi connectivity index (χ0n) is 25.0. The van der Waals surface area contributed by atoms with E-state index in [1.54, 1.807) is 11.3 Å². The summed E-state index contributed by atoms with van der Waals surface area (Å²) in [6, 6.07) is 4.95. The number of piperazine rings is 1. The largest absolute Gasteiger partial charge is 0.389 e. The highest BCUT2D eigenvalue weighted by Gasteiger charge is 2.49. The van der Waals surface area contributed by atoms with E-state index in [1.165, 1.54) is 4.88 Å². The van der Waals surface area contributed by atoms with Gasteiger partial charge >= 0.3 is 0 Å². The second-order valence-corrected chi connectivity index (χ2v) is 13.9. The summed E-state index contributed by atoms with van der Waals surface area (Å²) in [5, 5.41) is 15.4. The van der Waals surface area contributed by atoms with Crippen molar-refractivity contribution in [1.29, 1.82) is 5.26 Å². The Morgan fingerprint density at radius 1 is 1.00 bits per heavy atom. The molecule has 10 nitrogen and oxygen atoms in total. The third-order valence-electron chi connectivity index (χ3n) is 9.94. The number of aryl methyl sites for hydroxylation is 1. The van der Waals surface area contributed by atoms with E-state index in [-0.39, 0.29) is 5.41 Å². The average molecular weight is 588 g/mol. The van der Waals surface area contributed by atoms with Crippen LogP contribution in [-0.4, -0.2) is 90.9 Å². The normalized spacial score (nSPS) is 25.2. The number of fused-ring (bicyclic) bond motifs is 4. The first kappa shape index (κ1) is 27.6. The third-order valence-corrected chi connectivity index (χ3v) is 11.0. The van der Waals surface area contributed by atoms with Gasteiger partial charge in [0.15, 0.2) is 17.3 Å². The van der Waals surface area contributed by atoms with Crippen LogP contribution in [0.1, 0.15) is 66.4 Å². The summed E-state index contributed by atoms with van der Waals surface area (Å²) in [6.07, 6.45) is 6.87. The fraction of sp³-hybridized carbons (Fsp3) is 0.613. The number of nitriles is 1. The van der Waals surface area contributed by atoms with Crippen molar-refractivity contribution in [2.45, 2.75) is 63.3 Å². The zero-order valence-corrected chi connectivity index (χ0v) is 25.8. The van der Waals surface area contributed by atoms with Crippen LogP contribution in [0.5, 0.6) is 0 Å². The Kier molecular flexibility index (Phi) is 7.11. The summed E-state index contributed by atoms with van der Waals surface area (Å²) in [7, 11) is 4.38. The molecule has 5 heterocycles. The summed E-state index contributed by atoms with van der Waals surface area (Å²) < 4.78 is 6.32. The molecule has 2 aliphatic heterocycles. The summed E-state index contributed by atoms with van der Waals surface area (Å²) in [4.78, 5) is 21.2. The van der Waals surface area contributed by atoms with E-state index in [0.717, 1.165) is 125 Å². The molecule has 0 unspecified atom stereocenters. The lowest BCUT2D eigenvalue weighted by Gasteiger charge is -2.39. The van der Waals surface area contributed by atoms with Gasteiger partial charge in [-0.25, -0.2) is 9.97 Å². The highest BCUT2D eigenvalue weighted by atomic mass is 32.1. The van der Waals surface area contributed by atoms with Gasteiger partial charge in [-0.3, -0.25) is 0 Å². The van der Waals surface area contributed by atoms with Gasteiger partial charge in [-0.05, 0) is 78.1 Å². The first-order valence-electron chi connectivity index (χ1n) is 15.5. The van der Waals surface area contributed by atoms with Crippen molar-refractivity contribution in [3.8, 4) is 17.6 Å². The Labute approximate surface area is 252 Å². The maximum Gasteiger partial charge on any atom is 0.186 e. The van der Waals surface area contributed by atoms with Crippen LogP contribution in [0.25, 0.3) is 11.5 Å². The molecular weight excluding hydrogens is 546 g/mol. The standard InChI is InChI=1S/C31H41N9OS/c1-20-19-38(3)11-6-12-40(20)25-17-24(39-15-13-37(2)14-16-39)34-30(35-25)27-21-7-4-9-31(28(21)41-36-27)10-5-8-23-26(31)22(18-32)29(33)42-23/h17,20H,4-16,19,33H2,1-3H3/t20-,31-/m0/s1. The summed E-state index contributed by atoms with van der Waals surface area (Å²) in [5.74, 6) is 3.48. The van der Waals surface area contributed by atoms with Crippen LogP contribution >= 0.6 is 11.3 Å². The lowest BCUT2D eigenvalue weighted by Crippen LogP contribution is -2.45. The van der Waals surface area contributed by atoms with Gasteiger partial charge in [-0.2, -0.15) is 5.26 Å². The molecule has 2 saturated heterocycles. The van der Waals surface area contributed by atoms with E-state index in [4.69, 9.17) is 25.4 Å². The van der Waals surface area contributed by atoms with Gasteiger partial charge in [0, 0.05) is 61.8 Å². The Bertz CT molecular complexity index is 1510. The van der Waals surface area contributed by atoms with E-state index >= 15 is 0 Å². The molecule has 0 aromatic carbocycles. The molecule has 7 rings (SSSR count). The van der Waals surface area contributed by atoms with Gasteiger partial charge in [-0.1, -0.05) is 5.16 Å². The summed E-state index contributed by atoms with van der Waals surface area (Å²) in [6.45, 7) is 9.23. The van der Waals surface area contributed by atoms with Gasteiger partial charge in [0.05, 0.1) is 11.0 Å². The Balaban J connectivity index is 1.34. The molecule has 0 bridgehead atoms.